The number of thioether (sulfide) groups is 1. The molecule has 0 saturated heterocycles. The summed E-state index contributed by atoms with van der Waals surface area (Å²) in [5, 5.41) is 9.67. The fraction of sp³-hybridized carbons (Fsp3) is 0.250. The lowest BCUT2D eigenvalue weighted by molar-refractivity contribution is -0.384. The van der Waals surface area contributed by atoms with E-state index in [4.69, 9.17) is 0 Å². The largest absolute Gasteiger partial charge is 0.442 e. The molecule has 2 rings (SSSR count). The number of hydrogen-bond donors (Lipinski definition) is 0. The van der Waals surface area contributed by atoms with Crippen LogP contribution in [0.15, 0.2) is 53.4 Å². The number of rotatable bonds is 6. The SMILES string of the molecule is CS(=O)(=O)c1ccc(CC(SC(F)(F)F)c2ccc([N+](=O)[O-])cc2)cc1. The van der Waals surface area contributed by atoms with Crippen molar-refractivity contribution in [1.82, 2.24) is 0 Å². The predicted molar refractivity (Wildman–Crippen MR) is 92.7 cm³/mol. The Morgan fingerprint density at radius 3 is 2.04 bits per heavy atom. The molecular weight excluding hydrogens is 391 g/mol. The Labute approximate surface area is 152 Å². The minimum absolute atomic E-state index is 0.00791. The number of halogens is 3. The van der Waals surface area contributed by atoms with Gasteiger partial charge < -0.3 is 0 Å². The molecule has 5 nitrogen and oxygen atoms in total. The van der Waals surface area contributed by atoms with Crippen LogP contribution in [0, 0.1) is 10.1 Å². The van der Waals surface area contributed by atoms with Crippen LogP contribution in [-0.4, -0.2) is 25.1 Å². The molecule has 0 spiro atoms. The minimum atomic E-state index is -4.49. The highest BCUT2D eigenvalue weighted by molar-refractivity contribution is 8.00. The number of nitro groups is 1. The molecule has 1 atom stereocenters. The summed E-state index contributed by atoms with van der Waals surface area (Å²) in [7, 11) is -3.39. The van der Waals surface area contributed by atoms with E-state index in [0.717, 1.165) is 18.4 Å². The molecule has 2 aromatic carbocycles. The van der Waals surface area contributed by atoms with Gasteiger partial charge in [0, 0.05) is 23.6 Å². The highest BCUT2D eigenvalue weighted by Gasteiger charge is 2.34. The van der Waals surface area contributed by atoms with Crippen molar-refractivity contribution < 1.29 is 26.5 Å². The zero-order valence-corrected chi connectivity index (χ0v) is 15.1. The molecule has 0 aliphatic carbocycles. The van der Waals surface area contributed by atoms with Gasteiger partial charge in [0.2, 0.25) is 0 Å². The van der Waals surface area contributed by atoms with Crippen molar-refractivity contribution in [2.24, 2.45) is 0 Å². The summed E-state index contributed by atoms with van der Waals surface area (Å²) in [6, 6.07) is 10.5. The first-order chi connectivity index (χ1) is 12.0. The molecule has 0 heterocycles. The summed E-state index contributed by atoms with van der Waals surface area (Å²) >= 11 is -0.214. The molecule has 0 aromatic heterocycles. The van der Waals surface area contributed by atoms with E-state index in [1.54, 1.807) is 0 Å². The van der Waals surface area contributed by atoms with Gasteiger partial charge in [0.1, 0.15) is 0 Å². The summed E-state index contributed by atoms with van der Waals surface area (Å²) in [6.45, 7) is 0. The van der Waals surface area contributed by atoms with Gasteiger partial charge in [-0.15, -0.1) is 0 Å². The van der Waals surface area contributed by atoms with E-state index in [9.17, 15) is 31.7 Å². The summed E-state index contributed by atoms with van der Waals surface area (Å²) < 4.78 is 61.6. The van der Waals surface area contributed by atoms with E-state index >= 15 is 0 Å². The van der Waals surface area contributed by atoms with E-state index in [1.165, 1.54) is 36.4 Å². The van der Waals surface area contributed by atoms with Crippen molar-refractivity contribution in [3.05, 3.63) is 69.8 Å². The van der Waals surface area contributed by atoms with Crippen molar-refractivity contribution in [1.29, 1.82) is 0 Å². The second-order valence-corrected chi connectivity index (χ2v) is 8.80. The van der Waals surface area contributed by atoms with Gasteiger partial charge in [-0.3, -0.25) is 10.1 Å². The van der Waals surface area contributed by atoms with Crippen molar-refractivity contribution >= 4 is 27.3 Å². The maximum Gasteiger partial charge on any atom is 0.442 e. The maximum absolute atomic E-state index is 12.9. The third-order valence-electron chi connectivity index (χ3n) is 3.52. The second-order valence-electron chi connectivity index (χ2n) is 5.52. The van der Waals surface area contributed by atoms with Crippen LogP contribution >= 0.6 is 11.8 Å². The van der Waals surface area contributed by atoms with Crippen LogP contribution in [0.5, 0.6) is 0 Å². The molecule has 0 N–H and O–H groups in total. The first kappa shape index (κ1) is 20.2. The number of benzene rings is 2. The van der Waals surface area contributed by atoms with Gasteiger partial charge in [0.15, 0.2) is 9.84 Å². The van der Waals surface area contributed by atoms with E-state index < -0.39 is 25.5 Å². The number of nitro benzene ring substituents is 1. The van der Waals surface area contributed by atoms with Crippen molar-refractivity contribution in [2.45, 2.75) is 22.1 Å². The van der Waals surface area contributed by atoms with Crippen LogP contribution < -0.4 is 0 Å². The van der Waals surface area contributed by atoms with Crippen LogP contribution in [-0.2, 0) is 16.3 Å². The molecule has 1 unspecified atom stereocenters. The molecule has 140 valence electrons. The number of hydrogen-bond acceptors (Lipinski definition) is 5. The van der Waals surface area contributed by atoms with Crippen LogP contribution in [0.3, 0.4) is 0 Å². The number of non-ortho nitro benzene ring substituents is 1. The van der Waals surface area contributed by atoms with Crippen LogP contribution in [0.25, 0.3) is 0 Å². The number of sulfone groups is 1. The zero-order valence-electron chi connectivity index (χ0n) is 13.4. The Bertz CT molecular complexity index is 879. The molecular formula is C16H14F3NO4S2. The van der Waals surface area contributed by atoms with E-state index in [1.807, 2.05) is 0 Å². The first-order valence-electron chi connectivity index (χ1n) is 7.23. The average Bonchev–Trinajstić information content (AvgIpc) is 2.53. The Morgan fingerprint density at radius 1 is 1.08 bits per heavy atom. The van der Waals surface area contributed by atoms with Crippen molar-refractivity contribution in [2.75, 3.05) is 6.26 Å². The summed E-state index contributed by atoms with van der Waals surface area (Å²) in [5.74, 6) is 0. The topological polar surface area (TPSA) is 77.3 Å². The summed E-state index contributed by atoms with van der Waals surface area (Å²) in [6.07, 6.45) is 1.03. The van der Waals surface area contributed by atoms with Gasteiger partial charge in [-0.1, -0.05) is 24.3 Å². The quantitative estimate of drug-likeness (QED) is 0.521. The van der Waals surface area contributed by atoms with Crippen molar-refractivity contribution in [3.63, 3.8) is 0 Å². The predicted octanol–water partition coefficient (Wildman–Crippen LogP) is 4.54. The lowest BCUT2D eigenvalue weighted by Crippen LogP contribution is -2.09. The number of nitrogens with zero attached hydrogens (tertiary/aromatic N) is 1. The lowest BCUT2D eigenvalue weighted by Gasteiger charge is -2.19. The molecule has 0 radical (unpaired) electrons. The molecule has 0 saturated carbocycles. The monoisotopic (exact) mass is 405 g/mol. The Morgan fingerprint density at radius 2 is 1.62 bits per heavy atom. The summed E-state index contributed by atoms with van der Waals surface area (Å²) in [5.41, 5.74) is -3.87. The Balaban J connectivity index is 2.29. The first-order valence-corrected chi connectivity index (χ1v) is 10.0. The Hall–Kier alpha value is -2.07. The molecule has 0 aliphatic rings. The fourth-order valence-electron chi connectivity index (χ4n) is 2.29. The van der Waals surface area contributed by atoms with Gasteiger partial charge in [-0.25, -0.2) is 8.42 Å². The van der Waals surface area contributed by atoms with Gasteiger partial charge in [0.05, 0.1) is 9.82 Å². The molecule has 0 aliphatic heterocycles. The second kappa shape index (κ2) is 7.67. The molecule has 26 heavy (non-hydrogen) atoms. The van der Waals surface area contributed by atoms with Crippen LogP contribution in [0.2, 0.25) is 0 Å². The molecule has 10 heteroatoms. The van der Waals surface area contributed by atoms with Gasteiger partial charge in [0.25, 0.3) is 5.69 Å². The highest BCUT2D eigenvalue weighted by atomic mass is 32.2. The van der Waals surface area contributed by atoms with Crippen molar-refractivity contribution in [3.8, 4) is 0 Å². The molecule has 2 aromatic rings. The van der Waals surface area contributed by atoms with E-state index in [2.05, 4.69) is 0 Å². The summed E-state index contributed by atoms with van der Waals surface area (Å²) in [4.78, 5) is 10.1. The van der Waals surface area contributed by atoms with E-state index in [0.29, 0.717) is 11.1 Å². The average molecular weight is 405 g/mol. The van der Waals surface area contributed by atoms with Crippen LogP contribution in [0.4, 0.5) is 18.9 Å². The maximum atomic E-state index is 12.9. The van der Waals surface area contributed by atoms with E-state index in [-0.39, 0.29) is 28.8 Å². The van der Waals surface area contributed by atoms with Gasteiger partial charge in [-0.05, 0) is 41.4 Å². The van der Waals surface area contributed by atoms with Gasteiger partial charge >= 0.3 is 5.51 Å². The highest BCUT2D eigenvalue weighted by Crippen LogP contribution is 2.44. The normalized spacial score (nSPS) is 13.4. The zero-order chi connectivity index (χ0) is 19.5. The molecule has 0 bridgehead atoms. The third kappa shape index (κ3) is 5.73. The molecule has 0 fully saturated rings. The van der Waals surface area contributed by atoms with Crippen LogP contribution in [0.1, 0.15) is 16.4 Å². The smallest absolute Gasteiger partial charge is 0.258 e. The lowest BCUT2D eigenvalue weighted by atomic mass is 10.0. The molecule has 0 amide bonds. The minimum Gasteiger partial charge on any atom is -0.258 e. The fourth-order valence-corrected chi connectivity index (χ4v) is 3.81. The Kier molecular flexibility index (Phi) is 5.97. The van der Waals surface area contributed by atoms with Gasteiger partial charge in [-0.2, -0.15) is 13.2 Å². The third-order valence-corrected chi connectivity index (χ3v) is 5.64. The number of alkyl halides is 3. The standard InChI is InChI=1S/C16H14F3NO4S2/c1-26(23,24)14-8-2-11(3-9-14)10-15(25-16(17,18)19)12-4-6-13(7-5-12)20(21)22/h2-9,15H,10H2,1H3.